The van der Waals surface area contributed by atoms with Crippen LogP contribution in [0.3, 0.4) is 0 Å². The number of hydrogen-bond acceptors (Lipinski definition) is 2. The van der Waals surface area contributed by atoms with Crippen LogP contribution in [-0.4, -0.2) is 22.7 Å². The molecule has 0 aromatic carbocycles. The Bertz CT molecular complexity index is 137. The molecule has 1 unspecified atom stereocenters. The Balaban J connectivity index is 3.20. The fraction of sp³-hybridized carbons (Fsp3) is 0.800. The standard InChI is InChI=1S/C10H18OS/c1-4-5-6-10(11)8-12-7-9(2)3/h1,9-11H,5-8H2,2-3H3. The number of aliphatic hydroxyl groups is 1. The summed E-state index contributed by atoms with van der Waals surface area (Å²) < 4.78 is 0. The summed E-state index contributed by atoms with van der Waals surface area (Å²) in [4.78, 5) is 0. The first kappa shape index (κ1) is 11.9. The van der Waals surface area contributed by atoms with Crippen molar-refractivity contribution in [1.29, 1.82) is 0 Å². The highest BCUT2D eigenvalue weighted by molar-refractivity contribution is 7.99. The molecule has 2 heteroatoms. The number of thioether (sulfide) groups is 1. The Kier molecular flexibility index (Phi) is 7.43. The lowest BCUT2D eigenvalue weighted by molar-refractivity contribution is 0.191. The number of aliphatic hydroxyl groups excluding tert-OH is 1. The number of rotatable bonds is 6. The summed E-state index contributed by atoms with van der Waals surface area (Å²) in [7, 11) is 0. The third-order valence-corrected chi connectivity index (χ3v) is 2.91. The van der Waals surface area contributed by atoms with Crippen LogP contribution in [0.5, 0.6) is 0 Å². The highest BCUT2D eigenvalue weighted by atomic mass is 32.2. The minimum Gasteiger partial charge on any atom is -0.392 e. The van der Waals surface area contributed by atoms with Crippen LogP contribution < -0.4 is 0 Å². The van der Waals surface area contributed by atoms with Crippen molar-refractivity contribution in [3.63, 3.8) is 0 Å². The summed E-state index contributed by atoms with van der Waals surface area (Å²) in [6, 6.07) is 0. The highest BCUT2D eigenvalue weighted by Crippen LogP contribution is 2.11. The van der Waals surface area contributed by atoms with E-state index in [2.05, 4.69) is 19.8 Å². The highest BCUT2D eigenvalue weighted by Gasteiger charge is 2.03. The Morgan fingerprint density at radius 1 is 1.42 bits per heavy atom. The van der Waals surface area contributed by atoms with Gasteiger partial charge in [-0.05, 0) is 18.1 Å². The van der Waals surface area contributed by atoms with Gasteiger partial charge in [-0.3, -0.25) is 0 Å². The first-order valence-corrected chi connectivity index (χ1v) is 5.51. The zero-order valence-corrected chi connectivity index (χ0v) is 8.73. The van der Waals surface area contributed by atoms with Gasteiger partial charge in [-0.1, -0.05) is 13.8 Å². The van der Waals surface area contributed by atoms with Gasteiger partial charge in [-0.15, -0.1) is 12.3 Å². The quantitative estimate of drug-likeness (QED) is 0.641. The van der Waals surface area contributed by atoms with Gasteiger partial charge in [-0.25, -0.2) is 0 Å². The van der Waals surface area contributed by atoms with Crippen LogP contribution in [0.4, 0.5) is 0 Å². The van der Waals surface area contributed by atoms with E-state index in [0.29, 0.717) is 12.3 Å². The van der Waals surface area contributed by atoms with Crippen molar-refractivity contribution in [2.24, 2.45) is 5.92 Å². The normalized spacial score (nSPS) is 12.9. The lowest BCUT2D eigenvalue weighted by atomic mass is 10.2. The molecule has 1 atom stereocenters. The molecule has 0 aliphatic heterocycles. The summed E-state index contributed by atoms with van der Waals surface area (Å²) >= 11 is 1.80. The second kappa shape index (κ2) is 7.52. The summed E-state index contributed by atoms with van der Waals surface area (Å²) in [6.45, 7) is 4.36. The molecule has 0 aromatic heterocycles. The van der Waals surface area contributed by atoms with E-state index in [1.807, 2.05) is 0 Å². The Morgan fingerprint density at radius 2 is 2.08 bits per heavy atom. The molecule has 0 bridgehead atoms. The molecule has 1 N–H and O–H groups in total. The molecular weight excluding hydrogens is 168 g/mol. The van der Waals surface area contributed by atoms with Crippen molar-refractivity contribution in [1.82, 2.24) is 0 Å². The minimum atomic E-state index is -0.218. The lowest BCUT2D eigenvalue weighted by Crippen LogP contribution is -2.10. The van der Waals surface area contributed by atoms with Gasteiger partial charge >= 0.3 is 0 Å². The molecule has 0 rings (SSSR count). The lowest BCUT2D eigenvalue weighted by Gasteiger charge is -2.09. The molecule has 0 radical (unpaired) electrons. The Morgan fingerprint density at radius 3 is 2.58 bits per heavy atom. The molecular formula is C10H18OS. The van der Waals surface area contributed by atoms with Crippen molar-refractivity contribution in [3.8, 4) is 12.3 Å². The Hall–Kier alpha value is -0.130. The maximum Gasteiger partial charge on any atom is 0.0639 e. The fourth-order valence-corrected chi connectivity index (χ4v) is 1.82. The maximum absolute atomic E-state index is 9.38. The van der Waals surface area contributed by atoms with Gasteiger partial charge in [0.25, 0.3) is 0 Å². The molecule has 0 aliphatic carbocycles. The van der Waals surface area contributed by atoms with Gasteiger partial charge in [0.2, 0.25) is 0 Å². The molecule has 0 heterocycles. The fourth-order valence-electron chi connectivity index (χ4n) is 0.773. The van der Waals surface area contributed by atoms with Crippen LogP contribution in [0.1, 0.15) is 26.7 Å². The predicted molar refractivity (Wildman–Crippen MR) is 56.2 cm³/mol. The number of hydrogen-bond donors (Lipinski definition) is 1. The van der Waals surface area contributed by atoms with Gasteiger partial charge in [-0.2, -0.15) is 11.8 Å². The van der Waals surface area contributed by atoms with E-state index in [-0.39, 0.29) is 6.10 Å². The molecule has 0 saturated carbocycles. The Labute approximate surface area is 79.9 Å². The zero-order valence-electron chi connectivity index (χ0n) is 7.92. The first-order valence-electron chi connectivity index (χ1n) is 4.36. The summed E-state index contributed by atoms with van der Waals surface area (Å²) in [6.07, 6.45) is 6.29. The van der Waals surface area contributed by atoms with E-state index >= 15 is 0 Å². The van der Waals surface area contributed by atoms with Gasteiger partial charge in [0, 0.05) is 12.2 Å². The van der Waals surface area contributed by atoms with Crippen molar-refractivity contribution >= 4 is 11.8 Å². The topological polar surface area (TPSA) is 20.2 Å². The van der Waals surface area contributed by atoms with Crippen molar-refractivity contribution in [2.45, 2.75) is 32.8 Å². The van der Waals surface area contributed by atoms with Gasteiger partial charge in [0.15, 0.2) is 0 Å². The van der Waals surface area contributed by atoms with Gasteiger partial charge in [0.05, 0.1) is 6.10 Å². The second-order valence-corrected chi connectivity index (χ2v) is 4.40. The molecule has 0 spiro atoms. The molecule has 0 amide bonds. The molecule has 0 aromatic rings. The average molecular weight is 186 g/mol. The third kappa shape index (κ3) is 7.97. The second-order valence-electron chi connectivity index (χ2n) is 3.33. The largest absolute Gasteiger partial charge is 0.392 e. The van der Waals surface area contributed by atoms with Gasteiger partial charge < -0.3 is 5.11 Å². The smallest absolute Gasteiger partial charge is 0.0639 e. The summed E-state index contributed by atoms with van der Waals surface area (Å²) in [5, 5.41) is 9.38. The van der Waals surface area contributed by atoms with Crippen LogP contribution in [0.2, 0.25) is 0 Å². The van der Waals surface area contributed by atoms with E-state index in [1.54, 1.807) is 11.8 Å². The molecule has 0 saturated heterocycles. The molecule has 1 nitrogen and oxygen atoms in total. The number of terminal acetylenes is 1. The summed E-state index contributed by atoms with van der Waals surface area (Å²) in [5.74, 6) is 5.17. The van der Waals surface area contributed by atoms with E-state index in [4.69, 9.17) is 6.42 Å². The molecule has 12 heavy (non-hydrogen) atoms. The van der Waals surface area contributed by atoms with Crippen LogP contribution in [-0.2, 0) is 0 Å². The SMILES string of the molecule is C#CCCC(O)CSCC(C)C. The van der Waals surface area contributed by atoms with Crippen molar-refractivity contribution in [3.05, 3.63) is 0 Å². The van der Waals surface area contributed by atoms with E-state index in [1.165, 1.54) is 0 Å². The average Bonchev–Trinajstić information content (AvgIpc) is 2.00. The van der Waals surface area contributed by atoms with E-state index < -0.39 is 0 Å². The van der Waals surface area contributed by atoms with Crippen LogP contribution in [0.15, 0.2) is 0 Å². The molecule has 0 fully saturated rings. The first-order chi connectivity index (χ1) is 5.66. The van der Waals surface area contributed by atoms with E-state index in [0.717, 1.165) is 17.9 Å². The maximum atomic E-state index is 9.38. The monoisotopic (exact) mass is 186 g/mol. The van der Waals surface area contributed by atoms with Crippen LogP contribution in [0.25, 0.3) is 0 Å². The van der Waals surface area contributed by atoms with Crippen molar-refractivity contribution < 1.29 is 5.11 Å². The summed E-state index contributed by atoms with van der Waals surface area (Å²) in [5.41, 5.74) is 0. The van der Waals surface area contributed by atoms with E-state index in [9.17, 15) is 5.11 Å². The van der Waals surface area contributed by atoms with Gasteiger partial charge in [0.1, 0.15) is 0 Å². The van der Waals surface area contributed by atoms with Crippen LogP contribution in [0, 0.1) is 18.3 Å². The molecule has 70 valence electrons. The minimum absolute atomic E-state index is 0.218. The van der Waals surface area contributed by atoms with Crippen molar-refractivity contribution in [2.75, 3.05) is 11.5 Å². The zero-order chi connectivity index (χ0) is 9.40. The van der Waals surface area contributed by atoms with Crippen LogP contribution >= 0.6 is 11.8 Å². The predicted octanol–water partition coefficient (Wildman–Crippen LogP) is 2.15. The molecule has 0 aliphatic rings. The third-order valence-electron chi connectivity index (χ3n) is 1.38.